The van der Waals surface area contributed by atoms with E-state index in [9.17, 15) is 17.2 Å². The van der Waals surface area contributed by atoms with Crippen LogP contribution in [0.2, 0.25) is 0 Å². The van der Waals surface area contributed by atoms with Crippen molar-refractivity contribution >= 4 is 31.6 Å². The molecular formula is C19H18F2N2O3S2. The number of para-hydroxylation sites is 1. The van der Waals surface area contributed by atoms with Gasteiger partial charge in [-0.15, -0.1) is 0 Å². The number of halogens is 2. The van der Waals surface area contributed by atoms with Crippen LogP contribution in [0.5, 0.6) is 5.19 Å². The van der Waals surface area contributed by atoms with Crippen LogP contribution in [0.3, 0.4) is 0 Å². The molecule has 0 radical (unpaired) electrons. The van der Waals surface area contributed by atoms with Crippen LogP contribution in [-0.4, -0.2) is 36.9 Å². The number of fused-ring (bicyclic) bond motifs is 1. The van der Waals surface area contributed by atoms with Gasteiger partial charge in [0.2, 0.25) is 10.0 Å². The number of ether oxygens (including phenoxy) is 1. The van der Waals surface area contributed by atoms with Gasteiger partial charge >= 0.3 is 0 Å². The van der Waals surface area contributed by atoms with Crippen molar-refractivity contribution in [3.8, 4) is 5.19 Å². The minimum atomic E-state index is -3.48. The predicted octanol–water partition coefficient (Wildman–Crippen LogP) is 3.95. The van der Waals surface area contributed by atoms with Crippen LogP contribution in [0.25, 0.3) is 10.2 Å². The van der Waals surface area contributed by atoms with Crippen LogP contribution < -0.4 is 4.74 Å². The zero-order valence-corrected chi connectivity index (χ0v) is 16.5. The summed E-state index contributed by atoms with van der Waals surface area (Å²) in [5.74, 6) is -0.935. The molecule has 1 fully saturated rings. The maximum absolute atomic E-state index is 13.8. The van der Waals surface area contributed by atoms with E-state index in [-0.39, 0.29) is 17.7 Å². The van der Waals surface area contributed by atoms with Gasteiger partial charge in [0.15, 0.2) is 0 Å². The summed E-state index contributed by atoms with van der Waals surface area (Å²) in [6, 6.07) is 10.2. The molecule has 2 heterocycles. The first kappa shape index (κ1) is 19.2. The summed E-state index contributed by atoms with van der Waals surface area (Å²) in [4.78, 5) is 4.20. The van der Waals surface area contributed by atoms with E-state index in [4.69, 9.17) is 4.74 Å². The van der Waals surface area contributed by atoms with Crippen molar-refractivity contribution < 1.29 is 21.9 Å². The van der Waals surface area contributed by atoms with E-state index in [2.05, 4.69) is 4.98 Å². The van der Waals surface area contributed by atoms with E-state index < -0.39 is 15.8 Å². The summed E-state index contributed by atoms with van der Waals surface area (Å²) >= 11 is 1.28. The van der Waals surface area contributed by atoms with Gasteiger partial charge in [0, 0.05) is 13.1 Å². The van der Waals surface area contributed by atoms with Crippen molar-refractivity contribution in [2.45, 2.75) is 24.7 Å². The highest BCUT2D eigenvalue weighted by Crippen LogP contribution is 2.31. The summed E-state index contributed by atoms with van der Waals surface area (Å²) in [7, 11) is -3.48. The van der Waals surface area contributed by atoms with E-state index in [0.29, 0.717) is 46.9 Å². The lowest BCUT2D eigenvalue weighted by molar-refractivity contribution is 0.135. The third-order valence-corrected chi connectivity index (χ3v) is 7.44. The number of benzene rings is 2. The number of thiazole rings is 1. The molecule has 2 aromatic carbocycles. The summed E-state index contributed by atoms with van der Waals surface area (Å²) in [6.07, 6.45) is 0.892. The molecule has 3 aromatic rings. The first-order chi connectivity index (χ1) is 13.4. The predicted molar refractivity (Wildman–Crippen MR) is 104 cm³/mol. The minimum absolute atomic E-state index is 0.157. The first-order valence-corrected chi connectivity index (χ1v) is 11.3. The van der Waals surface area contributed by atoms with Crippen LogP contribution >= 0.6 is 11.3 Å². The van der Waals surface area contributed by atoms with Gasteiger partial charge in [-0.3, -0.25) is 0 Å². The average molecular weight is 424 g/mol. The Morgan fingerprint density at radius 1 is 1.11 bits per heavy atom. The molecule has 1 saturated heterocycles. The van der Waals surface area contributed by atoms with E-state index in [0.717, 1.165) is 0 Å². The largest absolute Gasteiger partial charge is 0.467 e. The van der Waals surface area contributed by atoms with Crippen molar-refractivity contribution in [3.63, 3.8) is 0 Å². The smallest absolute Gasteiger partial charge is 0.274 e. The molecule has 0 aliphatic carbocycles. The highest BCUT2D eigenvalue weighted by Gasteiger charge is 2.29. The highest BCUT2D eigenvalue weighted by atomic mass is 32.2. The summed E-state index contributed by atoms with van der Waals surface area (Å²) in [6.45, 7) is 0.681. The Bertz CT molecular complexity index is 1080. The third-order valence-electron chi connectivity index (χ3n) is 4.67. The number of hydrogen-bond donors (Lipinski definition) is 0. The Kier molecular flexibility index (Phi) is 5.31. The molecule has 9 heteroatoms. The molecule has 148 valence electrons. The molecule has 0 atom stereocenters. The Balaban J connectivity index is 1.37. The van der Waals surface area contributed by atoms with Gasteiger partial charge < -0.3 is 4.74 Å². The Morgan fingerprint density at radius 2 is 1.82 bits per heavy atom. The fraction of sp³-hybridized carbons (Fsp3) is 0.316. The summed E-state index contributed by atoms with van der Waals surface area (Å²) in [5.41, 5.74) is 0.845. The van der Waals surface area contributed by atoms with E-state index in [1.807, 2.05) is 0 Å². The molecular weight excluding hydrogens is 406 g/mol. The van der Waals surface area contributed by atoms with Gasteiger partial charge in [-0.05, 0) is 42.7 Å². The molecule has 1 aromatic heterocycles. The summed E-state index contributed by atoms with van der Waals surface area (Å²) in [5, 5.41) is 0.396. The quantitative estimate of drug-likeness (QED) is 0.622. The molecule has 28 heavy (non-hydrogen) atoms. The second-order valence-corrected chi connectivity index (χ2v) is 9.63. The lowest BCUT2D eigenvalue weighted by Gasteiger charge is -2.30. The van der Waals surface area contributed by atoms with Crippen molar-refractivity contribution in [1.82, 2.24) is 9.29 Å². The number of hydrogen-bond acceptors (Lipinski definition) is 5. The molecule has 1 aliphatic rings. The first-order valence-electron chi connectivity index (χ1n) is 8.85. The maximum atomic E-state index is 13.8. The molecule has 0 amide bonds. The normalized spacial score (nSPS) is 16.5. The molecule has 0 unspecified atom stereocenters. The van der Waals surface area contributed by atoms with E-state index in [1.165, 1.54) is 46.0 Å². The standard InChI is InChI=1S/C19H18F2N2O3S2/c20-14-6-4-13(5-7-14)12-28(24,25)23-10-8-15(9-11-23)26-19-22-18-16(21)2-1-3-17(18)27-19/h1-7,15H,8-12H2. The zero-order chi connectivity index (χ0) is 19.7. The molecule has 0 N–H and O–H groups in total. The monoisotopic (exact) mass is 424 g/mol. The van der Waals surface area contributed by atoms with Gasteiger partial charge in [-0.25, -0.2) is 21.5 Å². The van der Waals surface area contributed by atoms with Gasteiger partial charge in [0.1, 0.15) is 23.3 Å². The topological polar surface area (TPSA) is 59.5 Å². The molecule has 0 spiro atoms. The number of rotatable bonds is 5. The molecule has 5 nitrogen and oxygen atoms in total. The van der Waals surface area contributed by atoms with Crippen LogP contribution in [0, 0.1) is 11.6 Å². The number of aromatic nitrogens is 1. The molecule has 4 rings (SSSR count). The van der Waals surface area contributed by atoms with Crippen molar-refractivity contribution in [1.29, 1.82) is 0 Å². The van der Waals surface area contributed by atoms with Crippen molar-refractivity contribution in [3.05, 3.63) is 59.7 Å². The molecule has 0 bridgehead atoms. The number of piperidine rings is 1. The maximum Gasteiger partial charge on any atom is 0.274 e. The lowest BCUT2D eigenvalue weighted by atomic mass is 10.1. The van der Waals surface area contributed by atoms with Gasteiger partial charge in [0.25, 0.3) is 5.19 Å². The Labute approximate surface area is 165 Å². The third kappa shape index (κ3) is 4.16. The van der Waals surface area contributed by atoms with Crippen LogP contribution in [-0.2, 0) is 15.8 Å². The summed E-state index contributed by atoms with van der Waals surface area (Å²) < 4.78 is 60.0. The number of nitrogens with zero attached hydrogens (tertiary/aromatic N) is 2. The minimum Gasteiger partial charge on any atom is -0.467 e. The van der Waals surface area contributed by atoms with Crippen LogP contribution in [0.15, 0.2) is 42.5 Å². The van der Waals surface area contributed by atoms with Crippen LogP contribution in [0.1, 0.15) is 18.4 Å². The fourth-order valence-corrected chi connectivity index (χ4v) is 5.66. The second-order valence-electron chi connectivity index (χ2n) is 6.67. The van der Waals surface area contributed by atoms with E-state index in [1.54, 1.807) is 12.1 Å². The second kappa shape index (κ2) is 7.73. The average Bonchev–Trinajstić information content (AvgIpc) is 3.08. The Morgan fingerprint density at radius 3 is 2.50 bits per heavy atom. The SMILES string of the molecule is O=S(=O)(Cc1ccc(F)cc1)N1CCC(Oc2nc3c(F)cccc3s2)CC1. The molecule has 0 saturated carbocycles. The molecule has 1 aliphatic heterocycles. The van der Waals surface area contributed by atoms with Crippen molar-refractivity contribution in [2.75, 3.05) is 13.1 Å². The van der Waals surface area contributed by atoms with Gasteiger partial charge in [-0.2, -0.15) is 4.98 Å². The van der Waals surface area contributed by atoms with E-state index >= 15 is 0 Å². The fourth-order valence-electron chi connectivity index (χ4n) is 3.20. The lowest BCUT2D eigenvalue weighted by Crippen LogP contribution is -2.42. The van der Waals surface area contributed by atoms with Crippen LogP contribution in [0.4, 0.5) is 8.78 Å². The zero-order valence-electron chi connectivity index (χ0n) is 14.8. The van der Waals surface area contributed by atoms with Gasteiger partial charge in [0.05, 0.1) is 10.5 Å². The van der Waals surface area contributed by atoms with Crippen molar-refractivity contribution in [2.24, 2.45) is 0 Å². The number of sulfonamides is 1. The highest BCUT2D eigenvalue weighted by molar-refractivity contribution is 7.88. The van der Waals surface area contributed by atoms with Gasteiger partial charge in [-0.1, -0.05) is 29.5 Å². The Hall–Kier alpha value is -2.10.